The monoisotopic (exact) mass is 382 g/mol. The van der Waals surface area contributed by atoms with E-state index >= 15 is 0 Å². The van der Waals surface area contributed by atoms with Crippen molar-refractivity contribution in [3.05, 3.63) is 65.7 Å². The van der Waals surface area contributed by atoms with Crippen LogP contribution in [0.2, 0.25) is 0 Å². The molecule has 27 heavy (non-hydrogen) atoms. The number of aryl methyl sites for hydroxylation is 1. The number of hydrogen-bond donors (Lipinski definition) is 1. The van der Waals surface area contributed by atoms with Crippen molar-refractivity contribution in [1.82, 2.24) is 10.2 Å². The molecule has 4 heteroatoms. The van der Waals surface area contributed by atoms with Crippen molar-refractivity contribution in [3.8, 4) is 0 Å². The van der Waals surface area contributed by atoms with E-state index in [2.05, 4.69) is 52.9 Å². The molecule has 0 aromatic heterocycles. The summed E-state index contributed by atoms with van der Waals surface area (Å²) in [5, 5.41) is 3.14. The van der Waals surface area contributed by atoms with Gasteiger partial charge in [-0.15, -0.1) is 11.8 Å². The van der Waals surface area contributed by atoms with Gasteiger partial charge in [0.1, 0.15) is 0 Å². The lowest BCUT2D eigenvalue weighted by atomic mass is 9.96. The van der Waals surface area contributed by atoms with Crippen LogP contribution in [0.4, 0.5) is 0 Å². The molecule has 0 bridgehead atoms. The highest BCUT2D eigenvalue weighted by Gasteiger charge is 2.20. The molecule has 1 amide bonds. The quantitative estimate of drug-likeness (QED) is 0.688. The Morgan fingerprint density at radius 3 is 2.52 bits per heavy atom. The molecule has 3 rings (SSSR count). The van der Waals surface area contributed by atoms with Crippen LogP contribution in [0, 0.1) is 5.92 Å². The number of carbonyl (C=O) groups excluding carboxylic acids is 1. The average Bonchev–Trinajstić information content (AvgIpc) is 2.73. The van der Waals surface area contributed by atoms with E-state index in [9.17, 15) is 4.79 Å². The molecule has 1 fully saturated rings. The number of piperidine rings is 1. The van der Waals surface area contributed by atoms with E-state index in [0.717, 1.165) is 32.6 Å². The van der Waals surface area contributed by atoms with E-state index in [1.807, 2.05) is 30.0 Å². The minimum atomic E-state index is 0.176. The molecule has 2 aromatic carbocycles. The van der Waals surface area contributed by atoms with Gasteiger partial charge in [-0.2, -0.15) is 0 Å². The number of likely N-dealkylation sites (tertiary alicyclic amines) is 1. The third-order valence-electron chi connectivity index (χ3n) is 5.37. The minimum absolute atomic E-state index is 0.176. The van der Waals surface area contributed by atoms with E-state index < -0.39 is 0 Å². The Labute approximate surface area is 167 Å². The first-order valence-electron chi connectivity index (χ1n) is 9.89. The number of carbonyl (C=O) groups is 1. The van der Waals surface area contributed by atoms with Crippen LogP contribution in [0.1, 0.15) is 30.4 Å². The van der Waals surface area contributed by atoms with Crippen molar-refractivity contribution in [2.24, 2.45) is 5.92 Å². The molecule has 0 spiro atoms. The SMILES string of the molecule is CSc1ccccc1CN1CCC(CNC(=O)CCc2ccccc2)CC1. The van der Waals surface area contributed by atoms with Crippen molar-refractivity contribution in [3.63, 3.8) is 0 Å². The normalized spacial score (nSPS) is 15.6. The van der Waals surface area contributed by atoms with Gasteiger partial charge in [-0.25, -0.2) is 0 Å². The number of nitrogens with zero attached hydrogens (tertiary/aromatic N) is 1. The molecule has 1 saturated heterocycles. The number of nitrogens with one attached hydrogen (secondary N) is 1. The van der Waals surface area contributed by atoms with Gasteiger partial charge in [0.2, 0.25) is 5.91 Å². The van der Waals surface area contributed by atoms with Crippen molar-refractivity contribution in [2.45, 2.75) is 37.1 Å². The van der Waals surface area contributed by atoms with E-state index in [-0.39, 0.29) is 5.91 Å². The predicted molar refractivity (Wildman–Crippen MR) is 114 cm³/mol. The molecule has 0 radical (unpaired) electrons. The van der Waals surface area contributed by atoms with Crippen molar-refractivity contribution in [2.75, 3.05) is 25.9 Å². The zero-order chi connectivity index (χ0) is 18.9. The summed E-state index contributed by atoms with van der Waals surface area (Å²) in [5.74, 6) is 0.785. The second kappa shape index (κ2) is 10.5. The van der Waals surface area contributed by atoms with Gasteiger partial charge in [0.25, 0.3) is 0 Å². The summed E-state index contributed by atoms with van der Waals surface area (Å²) in [6.45, 7) is 4.09. The van der Waals surface area contributed by atoms with Gasteiger partial charge >= 0.3 is 0 Å². The van der Waals surface area contributed by atoms with Crippen LogP contribution < -0.4 is 5.32 Å². The van der Waals surface area contributed by atoms with Gasteiger partial charge in [0.05, 0.1) is 0 Å². The van der Waals surface area contributed by atoms with Crippen LogP contribution in [0.5, 0.6) is 0 Å². The zero-order valence-corrected chi connectivity index (χ0v) is 17.0. The highest BCUT2D eigenvalue weighted by atomic mass is 32.2. The van der Waals surface area contributed by atoms with Gasteiger partial charge in [0.15, 0.2) is 0 Å². The maximum atomic E-state index is 12.1. The lowest BCUT2D eigenvalue weighted by molar-refractivity contribution is -0.121. The molecular weight excluding hydrogens is 352 g/mol. The first-order chi connectivity index (χ1) is 13.2. The standard InChI is InChI=1S/C23H30N2OS/c1-27-22-10-6-5-9-21(22)18-25-15-13-20(14-16-25)17-24-23(26)12-11-19-7-3-2-4-8-19/h2-10,20H,11-18H2,1H3,(H,24,26). The van der Waals surface area contributed by atoms with Crippen molar-refractivity contribution < 1.29 is 4.79 Å². The number of benzene rings is 2. The van der Waals surface area contributed by atoms with Crippen LogP contribution in [0.3, 0.4) is 0 Å². The van der Waals surface area contributed by atoms with Crippen LogP contribution in [-0.4, -0.2) is 36.7 Å². The smallest absolute Gasteiger partial charge is 0.220 e. The third kappa shape index (κ3) is 6.40. The fraction of sp³-hybridized carbons (Fsp3) is 0.435. The third-order valence-corrected chi connectivity index (χ3v) is 6.20. The lowest BCUT2D eigenvalue weighted by Gasteiger charge is -2.32. The molecule has 1 aliphatic heterocycles. The molecule has 144 valence electrons. The van der Waals surface area contributed by atoms with Crippen LogP contribution in [0.15, 0.2) is 59.5 Å². The summed E-state index contributed by atoms with van der Waals surface area (Å²) in [4.78, 5) is 16.0. The molecule has 0 saturated carbocycles. The topological polar surface area (TPSA) is 32.3 Å². The van der Waals surface area contributed by atoms with Gasteiger partial charge < -0.3 is 5.32 Å². The Morgan fingerprint density at radius 1 is 1.07 bits per heavy atom. The molecular formula is C23H30N2OS. The Bertz CT molecular complexity index is 711. The Hall–Kier alpha value is -1.78. The van der Waals surface area contributed by atoms with E-state index in [4.69, 9.17) is 0 Å². The van der Waals surface area contributed by atoms with E-state index in [1.165, 1.54) is 28.9 Å². The highest BCUT2D eigenvalue weighted by Crippen LogP contribution is 2.24. The molecule has 0 unspecified atom stereocenters. The van der Waals surface area contributed by atoms with Gasteiger partial charge in [-0.3, -0.25) is 9.69 Å². The number of amides is 1. The fourth-order valence-corrected chi connectivity index (χ4v) is 4.28. The highest BCUT2D eigenvalue weighted by molar-refractivity contribution is 7.98. The predicted octanol–water partition coefficient (Wildman–Crippen LogP) is 4.37. The summed E-state index contributed by atoms with van der Waals surface area (Å²) < 4.78 is 0. The summed E-state index contributed by atoms with van der Waals surface area (Å²) in [5.41, 5.74) is 2.66. The minimum Gasteiger partial charge on any atom is -0.356 e. The van der Waals surface area contributed by atoms with E-state index in [0.29, 0.717) is 12.3 Å². The first-order valence-corrected chi connectivity index (χ1v) is 11.1. The maximum absolute atomic E-state index is 12.1. The molecule has 3 nitrogen and oxygen atoms in total. The number of hydrogen-bond acceptors (Lipinski definition) is 3. The maximum Gasteiger partial charge on any atom is 0.220 e. The fourth-order valence-electron chi connectivity index (χ4n) is 3.67. The second-order valence-electron chi connectivity index (χ2n) is 7.32. The van der Waals surface area contributed by atoms with Crippen LogP contribution >= 0.6 is 11.8 Å². The summed E-state index contributed by atoms with van der Waals surface area (Å²) >= 11 is 1.82. The molecule has 0 aliphatic carbocycles. The van der Waals surface area contributed by atoms with Gasteiger partial charge in [0, 0.05) is 24.4 Å². The molecule has 1 N–H and O–H groups in total. The lowest BCUT2D eigenvalue weighted by Crippen LogP contribution is -2.38. The summed E-state index contributed by atoms with van der Waals surface area (Å²) in [6, 6.07) is 18.9. The molecule has 1 aliphatic rings. The second-order valence-corrected chi connectivity index (χ2v) is 8.17. The van der Waals surface area contributed by atoms with Gasteiger partial charge in [-0.05, 0) is 61.7 Å². The number of rotatable bonds is 8. The Kier molecular flexibility index (Phi) is 7.79. The average molecular weight is 383 g/mol. The van der Waals surface area contributed by atoms with Crippen LogP contribution in [-0.2, 0) is 17.8 Å². The van der Waals surface area contributed by atoms with Crippen LogP contribution in [0.25, 0.3) is 0 Å². The largest absolute Gasteiger partial charge is 0.356 e. The molecule has 1 heterocycles. The zero-order valence-electron chi connectivity index (χ0n) is 16.2. The molecule has 0 atom stereocenters. The Balaban J connectivity index is 1.35. The van der Waals surface area contributed by atoms with Crippen molar-refractivity contribution in [1.29, 1.82) is 0 Å². The van der Waals surface area contributed by atoms with Crippen molar-refractivity contribution >= 4 is 17.7 Å². The number of thioether (sulfide) groups is 1. The summed E-state index contributed by atoms with van der Waals surface area (Å²) in [6.07, 6.45) is 5.88. The van der Waals surface area contributed by atoms with E-state index in [1.54, 1.807) is 0 Å². The van der Waals surface area contributed by atoms with Gasteiger partial charge in [-0.1, -0.05) is 48.5 Å². The Morgan fingerprint density at radius 2 is 1.78 bits per heavy atom. The molecule has 2 aromatic rings. The summed E-state index contributed by atoms with van der Waals surface area (Å²) in [7, 11) is 0. The first kappa shape index (κ1) is 20.0.